The van der Waals surface area contributed by atoms with E-state index in [0.29, 0.717) is 22.1 Å². The van der Waals surface area contributed by atoms with Crippen LogP contribution in [0.4, 0.5) is 0 Å². The average Bonchev–Trinajstić information content (AvgIpc) is 3.03. The van der Waals surface area contributed by atoms with Gasteiger partial charge in [-0.05, 0) is 24.6 Å². The fourth-order valence-electron chi connectivity index (χ4n) is 2.22. The zero-order valence-electron chi connectivity index (χ0n) is 13.2. The van der Waals surface area contributed by atoms with Crippen molar-refractivity contribution >= 4 is 23.2 Å². The maximum Gasteiger partial charge on any atom is 0.272 e. The summed E-state index contributed by atoms with van der Waals surface area (Å²) in [5.41, 5.74) is 0.775. The molecule has 2 heterocycles. The first-order chi connectivity index (χ1) is 11.9. The van der Waals surface area contributed by atoms with Crippen LogP contribution >= 0.6 is 23.2 Å². The summed E-state index contributed by atoms with van der Waals surface area (Å²) < 4.78 is 6.41. The molecule has 1 N–H and O–H groups in total. The predicted octanol–water partition coefficient (Wildman–Crippen LogP) is 2.57. The van der Waals surface area contributed by atoms with Gasteiger partial charge in [0.05, 0.1) is 18.1 Å². The molecule has 0 amide bonds. The molecule has 9 heteroatoms. The van der Waals surface area contributed by atoms with Crippen LogP contribution in [0.15, 0.2) is 39.9 Å². The van der Waals surface area contributed by atoms with Gasteiger partial charge in [0, 0.05) is 11.4 Å². The van der Waals surface area contributed by atoms with E-state index in [9.17, 15) is 9.90 Å². The average molecular weight is 381 g/mol. The van der Waals surface area contributed by atoms with Gasteiger partial charge in [-0.1, -0.05) is 40.5 Å². The molecule has 3 rings (SSSR count). The molecule has 0 bridgehead atoms. The monoisotopic (exact) mass is 380 g/mol. The molecule has 1 aromatic carbocycles. The van der Waals surface area contributed by atoms with Crippen molar-refractivity contribution in [1.29, 1.82) is 0 Å². The summed E-state index contributed by atoms with van der Waals surface area (Å²) in [5.74, 6) is 0.554. The molecule has 0 aliphatic rings. The Kier molecular flexibility index (Phi) is 5.17. The van der Waals surface area contributed by atoms with E-state index in [4.69, 9.17) is 27.7 Å². The molecule has 0 aliphatic heterocycles. The summed E-state index contributed by atoms with van der Waals surface area (Å²) in [6.45, 7) is 1.70. The predicted molar refractivity (Wildman–Crippen MR) is 91.8 cm³/mol. The Morgan fingerprint density at radius 1 is 1.28 bits per heavy atom. The lowest BCUT2D eigenvalue weighted by Gasteiger charge is -2.08. The van der Waals surface area contributed by atoms with Crippen molar-refractivity contribution in [2.45, 2.75) is 26.0 Å². The number of aliphatic hydroxyl groups excluding tert-OH is 1. The normalized spacial score (nSPS) is 12.3. The molecule has 0 saturated carbocycles. The summed E-state index contributed by atoms with van der Waals surface area (Å²) in [6, 6.07) is 6.85. The van der Waals surface area contributed by atoms with Crippen LogP contribution < -0.4 is 5.56 Å². The van der Waals surface area contributed by atoms with E-state index in [2.05, 4.69) is 15.1 Å². The number of aromatic nitrogens is 4. The molecular weight excluding hydrogens is 367 g/mol. The number of halogens is 2. The maximum absolute atomic E-state index is 12.0. The molecular formula is C16H14Cl2N4O3. The van der Waals surface area contributed by atoms with Crippen molar-refractivity contribution in [3.63, 3.8) is 0 Å². The van der Waals surface area contributed by atoms with Crippen LogP contribution in [0.3, 0.4) is 0 Å². The quantitative estimate of drug-likeness (QED) is 0.730. The van der Waals surface area contributed by atoms with Crippen molar-refractivity contribution < 1.29 is 9.63 Å². The minimum atomic E-state index is -0.791. The van der Waals surface area contributed by atoms with Crippen molar-refractivity contribution in [1.82, 2.24) is 19.7 Å². The van der Waals surface area contributed by atoms with Gasteiger partial charge in [-0.25, -0.2) is 4.98 Å². The first kappa shape index (κ1) is 17.6. The molecule has 0 saturated heterocycles. The largest absolute Gasteiger partial charge is 0.388 e. The number of aryl methyl sites for hydroxylation is 1. The Morgan fingerprint density at radius 3 is 2.72 bits per heavy atom. The Hall–Kier alpha value is -2.22. The summed E-state index contributed by atoms with van der Waals surface area (Å²) in [5, 5.41) is 14.7. The van der Waals surface area contributed by atoms with Gasteiger partial charge in [0.15, 0.2) is 5.82 Å². The van der Waals surface area contributed by atoms with Crippen molar-refractivity contribution in [3.8, 4) is 0 Å². The van der Waals surface area contributed by atoms with Gasteiger partial charge in [-0.15, -0.1) is 0 Å². The van der Waals surface area contributed by atoms with Crippen molar-refractivity contribution in [3.05, 3.63) is 74.0 Å². The SMILES string of the molecule is Cc1ncn(Cc2nc(C[C@H](O)c3ccc(Cl)cc3)no2)c(=O)c1Cl. The second-order valence-electron chi connectivity index (χ2n) is 5.45. The van der Waals surface area contributed by atoms with Gasteiger partial charge in [0.1, 0.15) is 11.6 Å². The number of hydrogen-bond donors (Lipinski definition) is 1. The Bertz CT molecular complexity index is 937. The summed E-state index contributed by atoms with van der Waals surface area (Å²) in [7, 11) is 0. The van der Waals surface area contributed by atoms with Crippen LogP contribution in [0.1, 0.15) is 29.1 Å². The van der Waals surface area contributed by atoms with E-state index in [1.807, 2.05) is 0 Å². The molecule has 0 fully saturated rings. The van der Waals surface area contributed by atoms with Gasteiger partial charge < -0.3 is 9.63 Å². The highest BCUT2D eigenvalue weighted by molar-refractivity contribution is 6.31. The highest BCUT2D eigenvalue weighted by Gasteiger charge is 2.15. The van der Waals surface area contributed by atoms with Crippen LogP contribution in [0.2, 0.25) is 10.0 Å². The molecule has 0 radical (unpaired) electrons. The van der Waals surface area contributed by atoms with Crippen LogP contribution in [-0.2, 0) is 13.0 Å². The third-order valence-corrected chi connectivity index (χ3v) is 4.29. The maximum atomic E-state index is 12.0. The van der Waals surface area contributed by atoms with Gasteiger partial charge in [-0.2, -0.15) is 4.98 Å². The van der Waals surface area contributed by atoms with E-state index in [1.54, 1.807) is 31.2 Å². The molecule has 2 aromatic heterocycles. The zero-order chi connectivity index (χ0) is 18.0. The Labute approximate surface area is 152 Å². The van der Waals surface area contributed by atoms with Crippen LogP contribution in [0, 0.1) is 6.92 Å². The summed E-state index contributed by atoms with van der Waals surface area (Å²) >= 11 is 11.7. The molecule has 25 heavy (non-hydrogen) atoms. The molecule has 1 atom stereocenters. The number of benzene rings is 1. The number of aliphatic hydroxyl groups is 1. The lowest BCUT2D eigenvalue weighted by molar-refractivity contribution is 0.174. The van der Waals surface area contributed by atoms with Gasteiger partial charge >= 0.3 is 0 Å². The van der Waals surface area contributed by atoms with Gasteiger partial charge in [0.2, 0.25) is 5.89 Å². The lowest BCUT2D eigenvalue weighted by atomic mass is 10.1. The molecule has 7 nitrogen and oxygen atoms in total. The Morgan fingerprint density at radius 2 is 2.00 bits per heavy atom. The third kappa shape index (κ3) is 4.07. The van der Waals surface area contributed by atoms with Crippen LogP contribution in [-0.4, -0.2) is 24.8 Å². The lowest BCUT2D eigenvalue weighted by Crippen LogP contribution is -2.22. The van der Waals surface area contributed by atoms with E-state index < -0.39 is 6.10 Å². The van der Waals surface area contributed by atoms with Gasteiger partial charge in [0.25, 0.3) is 5.56 Å². The minimum Gasteiger partial charge on any atom is -0.388 e. The number of rotatable bonds is 5. The second kappa shape index (κ2) is 7.35. The topological polar surface area (TPSA) is 94.0 Å². The second-order valence-corrected chi connectivity index (χ2v) is 6.27. The smallest absolute Gasteiger partial charge is 0.272 e. The first-order valence-electron chi connectivity index (χ1n) is 7.40. The standard InChI is InChI=1S/C16H14Cl2N4O3/c1-9-15(18)16(24)22(8-19-9)7-14-20-13(21-25-14)6-12(23)10-2-4-11(17)5-3-10/h2-5,8,12,23H,6-7H2,1H3/t12-/m0/s1. The highest BCUT2D eigenvalue weighted by Crippen LogP contribution is 2.19. The van der Waals surface area contributed by atoms with Crippen molar-refractivity contribution in [2.24, 2.45) is 0 Å². The molecule has 3 aromatic rings. The number of hydrogen-bond acceptors (Lipinski definition) is 6. The number of nitrogens with zero attached hydrogens (tertiary/aromatic N) is 4. The summed E-state index contributed by atoms with van der Waals surface area (Å²) in [4.78, 5) is 20.3. The zero-order valence-corrected chi connectivity index (χ0v) is 14.7. The highest BCUT2D eigenvalue weighted by atomic mass is 35.5. The van der Waals surface area contributed by atoms with E-state index in [0.717, 1.165) is 0 Å². The fourth-order valence-corrected chi connectivity index (χ4v) is 2.50. The molecule has 0 spiro atoms. The molecule has 0 aliphatic carbocycles. The van der Waals surface area contributed by atoms with E-state index in [1.165, 1.54) is 10.9 Å². The third-order valence-electron chi connectivity index (χ3n) is 3.60. The van der Waals surface area contributed by atoms with E-state index >= 15 is 0 Å². The Balaban J connectivity index is 1.71. The van der Waals surface area contributed by atoms with Gasteiger partial charge in [-0.3, -0.25) is 9.36 Å². The molecule has 130 valence electrons. The summed E-state index contributed by atoms with van der Waals surface area (Å²) in [6.07, 6.45) is 0.754. The van der Waals surface area contributed by atoms with E-state index in [-0.39, 0.29) is 29.4 Å². The molecule has 0 unspecified atom stereocenters. The van der Waals surface area contributed by atoms with Crippen molar-refractivity contribution in [2.75, 3.05) is 0 Å². The first-order valence-corrected chi connectivity index (χ1v) is 8.16. The minimum absolute atomic E-state index is 0.0515. The van der Waals surface area contributed by atoms with Crippen LogP contribution in [0.5, 0.6) is 0 Å². The fraction of sp³-hybridized carbons (Fsp3) is 0.250. The van der Waals surface area contributed by atoms with Crippen LogP contribution in [0.25, 0.3) is 0 Å².